The standard InChI is InChI=1S/C13H18BrNO/c1-9(2)15-7-10-5-11-6-12(14)3-4-13(11)16-8-10/h3-4,6,9-10,15H,5,7-8H2,1-2H3. The number of rotatable bonds is 3. The second-order valence-corrected chi connectivity index (χ2v) is 5.61. The predicted octanol–water partition coefficient (Wildman–Crippen LogP) is 3.00. The molecule has 1 aromatic carbocycles. The van der Waals surface area contributed by atoms with E-state index in [-0.39, 0.29) is 0 Å². The predicted molar refractivity (Wildman–Crippen MR) is 70.0 cm³/mol. The van der Waals surface area contributed by atoms with Gasteiger partial charge in [0.15, 0.2) is 0 Å². The fourth-order valence-corrected chi connectivity index (χ4v) is 2.37. The molecule has 0 saturated heterocycles. The fourth-order valence-electron chi connectivity index (χ4n) is 1.96. The van der Waals surface area contributed by atoms with Gasteiger partial charge < -0.3 is 10.1 Å². The first kappa shape index (κ1) is 11.9. The van der Waals surface area contributed by atoms with Crippen LogP contribution in [-0.4, -0.2) is 19.2 Å². The molecule has 1 atom stereocenters. The first-order valence-electron chi connectivity index (χ1n) is 5.80. The molecule has 0 aliphatic carbocycles. The van der Waals surface area contributed by atoms with Crippen molar-refractivity contribution in [1.82, 2.24) is 5.32 Å². The molecule has 0 bridgehead atoms. The minimum atomic E-state index is 0.545. The quantitative estimate of drug-likeness (QED) is 0.921. The molecule has 0 spiro atoms. The first-order valence-corrected chi connectivity index (χ1v) is 6.59. The Labute approximate surface area is 106 Å². The molecular weight excluding hydrogens is 266 g/mol. The Morgan fingerprint density at radius 1 is 1.50 bits per heavy atom. The van der Waals surface area contributed by atoms with Crippen LogP contribution in [0.15, 0.2) is 22.7 Å². The summed E-state index contributed by atoms with van der Waals surface area (Å²) in [5.74, 6) is 1.63. The van der Waals surface area contributed by atoms with Crippen LogP contribution in [0.25, 0.3) is 0 Å². The van der Waals surface area contributed by atoms with E-state index in [0.717, 1.165) is 29.8 Å². The molecule has 1 N–H and O–H groups in total. The molecule has 0 amide bonds. The van der Waals surface area contributed by atoms with E-state index < -0.39 is 0 Å². The van der Waals surface area contributed by atoms with Crippen LogP contribution in [0.5, 0.6) is 5.75 Å². The molecule has 0 radical (unpaired) electrons. The first-order chi connectivity index (χ1) is 7.65. The van der Waals surface area contributed by atoms with Crippen molar-refractivity contribution in [1.29, 1.82) is 0 Å². The molecule has 1 unspecified atom stereocenters. The van der Waals surface area contributed by atoms with Crippen LogP contribution in [0.3, 0.4) is 0 Å². The summed E-state index contributed by atoms with van der Waals surface area (Å²) in [6, 6.07) is 6.79. The van der Waals surface area contributed by atoms with E-state index in [2.05, 4.69) is 41.2 Å². The number of fused-ring (bicyclic) bond motifs is 1. The second-order valence-electron chi connectivity index (χ2n) is 4.70. The van der Waals surface area contributed by atoms with Gasteiger partial charge in [0, 0.05) is 23.0 Å². The van der Waals surface area contributed by atoms with Crippen LogP contribution in [-0.2, 0) is 6.42 Å². The number of benzene rings is 1. The van der Waals surface area contributed by atoms with E-state index in [1.807, 2.05) is 12.1 Å². The van der Waals surface area contributed by atoms with Crippen molar-refractivity contribution in [3.63, 3.8) is 0 Å². The van der Waals surface area contributed by atoms with Crippen molar-refractivity contribution >= 4 is 15.9 Å². The van der Waals surface area contributed by atoms with Gasteiger partial charge in [0.2, 0.25) is 0 Å². The lowest BCUT2D eigenvalue weighted by Crippen LogP contribution is -2.34. The van der Waals surface area contributed by atoms with Crippen molar-refractivity contribution < 1.29 is 4.74 Å². The highest BCUT2D eigenvalue weighted by atomic mass is 79.9. The van der Waals surface area contributed by atoms with Crippen molar-refractivity contribution in [2.24, 2.45) is 5.92 Å². The summed E-state index contributed by atoms with van der Waals surface area (Å²) in [7, 11) is 0. The molecule has 2 nitrogen and oxygen atoms in total. The summed E-state index contributed by atoms with van der Waals surface area (Å²) < 4.78 is 6.89. The number of ether oxygens (including phenoxy) is 1. The maximum Gasteiger partial charge on any atom is 0.122 e. The molecule has 88 valence electrons. The van der Waals surface area contributed by atoms with Crippen LogP contribution < -0.4 is 10.1 Å². The zero-order chi connectivity index (χ0) is 11.5. The summed E-state index contributed by atoms with van der Waals surface area (Å²) in [4.78, 5) is 0. The zero-order valence-corrected chi connectivity index (χ0v) is 11.4. The molecule has 1 aliphatic heterocycles. The highest BCUT2D eigenvalue weighted by Crippen LogP contribution is 2.29. The average molecular weight is 284 g/mol. The molecule has 0 aromatic heterocycles. The number of hydrogen-bond acceptors (Lipinski definition) is 2. The van der Waals surface area contributed by atoms with E-state index in [1.165, 1.54) is 5.56 Å². The molecule has 0 fully saturated rings. The van der Waals surface area contributed by atoms with Crippen molar-refractivity contribution in [3.05, 3.63) is 28.2 Å². The van der Waals surface area contributed by atoms with E-state index in [4.69, 9.17) is 4.74 Å². The molecule has 16 heavy (non-hydrogen) atoms. The van der Waals surface area contributed by atoms with Crippen LogP contribution in [0, 0.1) is 5.92 Å². The Morgan fingerprint density at radius 2 is 2.31 bits per heavy atom. The Kier molecular flexibility index (Phi) is 3.87. The Morgan fingerprint density at radius 3 is 3.06 bits per heavy atom. The largest absolute Gasteiger partial charge is 0.493 e. The maximum absolute atomic E-state index is 5.76. The third-order valence-corrected chi connectivity index (χ3v) is 3.31. The normalized spacial score (nSPS) is 19.4. The summed E-state index contributed by atoms with van der Waals surface area (Å²) in [5, 5.41) is 3.47. The van der Waals surface area contributed by atoms with Gasteiger partial charge in [0.1, 0.15) is 5.75 Å². The van der Waals surface area contributed by atoms with Gasteiger partial charge in [-0.2, -0.15) is 0 Å². The summed E-state index contributed by atoms with van der Waals surface area (Å²) in [6.45, 7) is 6.21. The van der Waals surface area contributed by atoms with E-state index >= 15 is 0 Å². The molecule has 0 saturated carbocycles. The summed E-state index contributed by atoms with van der Waals surface area (Å²) in [5.41, 5.74) is 1.32. The Hall–Kier alpha value is -0.540. The number of nitrogens with one attached hydrogen (secondary N) is 1. The minimum absolute atomic E-state index is 0.545. The Balaban J connectivity index is 1.99. The zero-order valence-electron chi connectivity index (χ0n) is 9.79. The van der Waals surface area contributed by atoms with Crippen LogP contribution in [0.4, 0.5) is 0 Å². The molecule has 1 aromatic rings. The van der Waals surface area contributed by atoms with Crippen molar-refractivity contribution in [2.45, 2.75) is 26.3 Å². The topological polar surface area (TPSA) is 21.3 Å². The lowest BCUT2D eigenvalue weighted by atomic mass is 9.96. The SMILES string of the molecule is CC(C)NCC1COc2ccc(Br)cc2C1. The van der Waals surface area contributed by atoms with Crippen LogP contribution >= 0.6 is 15.9 Å². The maximum atomic E-state index is 5.76. The lowest BCUT2D eigenvalue weighted by Gasteiger charge is -2.26. The van der Waals surface area contributed by atoms with Gasteiger partial charge in [0.05, 0.1) is 6.61 Å². The molecule has 1 aliphatic rings. The van der Waals surface area contributed by atoms with Gasteiger partial charge in [-0.1, -0.05) is 29.8 Å². The average Bonchev–Trinajstić information content (AvgIpc) is 2.25. The van der Waals surface area contributed by atoms with E-state index in [0.29, 0.717) is 12.0 Å². The van der Waals surface area contributed by atoms with Gasteiger partial charge in [-0.05, 0) is 30.2 Å². The highest BCUT2D eigenvalue weighted by Gasteiger charge is 2.19. The minimum Gasteiger partial charge on any atom is -0.493 e. The lowest BCUT2D eigenvalue weighted by molar-refractivity contribution is 0.216. The van der Waals surface area contributed by atoms with Gasteiger partial charge in [-0.15, -0.1) is 0 Å². The van der Waals surface area contributed by atoms with Crippen molar-refractivity contribution in [3.8, 4) is 5.75 Å². The number of hydrogen-bond donors (Lipinski definition) is 1. The second kappa shape index (κ2) is 5.19. The van der Waals surface area contributed by atoms with E-state index in [9.17, 15) is 0 Å². The molecule has 1 heterocycles. The van der Waals surface area contributed by atoms with Gasteiger partial charge in [0.25, 0.3) is 0 Å². The Bertz CT molecular complexity index is 365. The number of halogens is 1. The third kappa shape index (κ3) is 2.98. The fraction of sp³-hybridized carbons (Fsp3) is 0.538. The summed E-state index contributed by atoms with van der Waals surface area (Å²) in [6.07, 6.45) is 1.11. The molecule has 2 rings (SSSR count). The van der Waals surface area contributed by atoms with Crippen molar-refractivity contribution in [2.75, 3.05) is 13.2 Å². The third-order valence-electron chi connectivity index (χ3n) is 2.82. The van der Waals surface area contributed by atoms with Gasteiger partial charge >= 0.3 is 0 Å². The monoisotopic (exact) mass is 283 g/mol. The smallest absolute Gasteiger partial charge is 0.122 e. The summed E-state index contributed by atoms with van der Waals surface area (Å²) >= 11 is 3.50. The van der Waals surface area contributed by atoms with Crippen LogP contribution in [0.1, 0.15) is 19.4 Å². The highest BCUT2D eigenvalue weighted by molar-refractivity contribution is 9.10. The van der Waals surface area contributed by atoms with Gasteiger partial charge in [-0.3, -0.25) is 0 Å². The molecule has 3 heteroatoms. The van der Waals surface area contributed by atoms with E-state index in [1.54, 1.807) is 0 Å². The molecular formula is C13H18BrNO. The van der Waals surface area contributed by atoms with Gasteiger partial charge in [-0.25, -0.2) is 0 Å². The van der Waals surface area contributed by atoms with Crippen LogP contribution in [0.2, 0.25) is 0 Å².